The number of nitrogens with one attached hydrogen (secondary N) is 3. The van der Waals surface area contributed by atoms with Gasteiger partial charge in [-0.25, -0.2) is 13.1 Å². The highest BCUT2D eigenvalue weighted by Crippen LogP contribution is 2.43. The molecule has 4 heterocycles. The van der Waals surface area contributed by atoms with E-state index < -0.39 is 58.7 Å². The van der Waals surface area contributed by atoms with Crippen molar-refractivity contribution in [1.29, 1.82) is 0 Å². The largest absolute Gasteiger partial charge is 0.737 e. The van der Waals surface area contributed by atoms with Crippen LogP contribution in [0.4, 0.5) is 8.63 Å². The fourth-order valence-electron chi connectivity index (χ4n) is 9.70. The van der Waals surface area contributed by atoms with E-state index >= 15 is 8.63 Å². The maximum Gasteiger partial charge on any atom is 0.737 e. The zero-order chi connectivity index (χ0) is 51.1. The summed E-state index contributed by atoms with van der Waals surface area (Å²) in [6, 6.07) is 15.2. The van der Waals surface area contributed by atoms with Gasteiger partial charge in [0.1, 0.15) is 23.8 Å². The topological polar surface area (TPSA) is 186 Å². The first-order valence-corrected chi connectivity index (χ1v) is 26.3. The van der Waals surface area contributed by atoms with Gasteiger partial charge in [-0.1, -0.05) is 93.6 Å². The minimum Gasteiger partial charge on any atom is -0.394 e. The van der Waals surface area contributed by atoms with Crippen LogP contribution in [0, 0.1) is 25.7 Å². The van der Waals surface area contributed by atoms with E-state index in [9.17, 15) is 22.8 Å². The number of unbranched alkanes of at least 4 members (excludes halogenated alkanes) is 1. The maximum absolute atomic E-state index is 16.1. The first-order valence-electron chi connectivity index (χ1n) is 24.3. The number of sulfone groups is 1. The molecule has 2 aromatic heterocycles. The van der Waals surface area contributed by atoms with Crippen LogP contribution in [0.15, 0.2) is 95.7 Å². The predicted molar refractivity (Wildman–Crippen MR) is 272 cm³/mol. The van der Waals surface area contributed by atoms with Gasteiger partial charge in [0.25, 0.3) is 0 Å². The van der Waals surface area contributed by atoms with E-state index in [0.717, 1.165) is 45.1 Å². The van der Waals surface area contributed by atoms with Crippen molar-refractivity contribution in [1.82, 2.24) is 35.4 Å². The van der Waals surface area contributed by atoms with Crippen LogP contribution in [-0.4, -0.2) is 87.2 Å². The lowest BCUT2D eigenvalue weighted by Gasteiger charge is -2.34. The summed E-state index contributed by atoms with van der Waals surface area (Å²) in [4.78, 5) is 42.9. The molecule has 0 unspecified atom stereocenters. The van der Waals surface area contributed by atoms with E-state index in [1.165, 1.54) is 19.7 Å². The summed E-state index contributed by atoms with van der Waals surface area (Å²) in [5, 5.41) is 18.8. The predicted octanol–water partition coefficient (Wildman–Crippen LogP) is 7.08. The number of amides is 3. The zero-order valence-electron chi connectivity index (χ0n) is 42.0. The normalized spacial score (nSPS) is 16.3. The molecule has 6 rings (SSSR count). The average Bonchev–Trinajstić information content (AvgIpc) is 3.98. The van der Waals surface area contributed by atoms with Crippen molar-refractivity contribution >= 4 is 45.8 Å². The van der Waals surface area contributed by atoms with Crippen LogP contribution in [0.25, 0.3) is 5.57 Å². The Morgan fingerprint density at radius 1 is 0.814 bits per heavy atom. The number of nitrogens with two attached hydrogens (primary N) is 1. The number of aryl methyl sites for hydroxylation is 3. The number of hydrogen-bond donors (Lipinski definition) is 4. The third kappa shape index (κ3) is 13.2. The summed E-state index contributed by atoms with van der Waals surface area (Å²) in [7, 11) is -3.52. The van der Waals surface area contributed by atoms with Crippen LogP contribution < -0.4 is 21.7 Å². The van der Waals surface area contributed by atoms with Gasteiger partial charge in [0.05, 0.1) is 11.7 Å². The molecule has 0 radical (unpaired) electrons. The molecule has 18 heteroatoms. The number of hydrogen-bond acceptors (Lipinski definition) is 8. The number of benzene rings is 2. The summed E-state index contributed by atoms with van der Waals surface area (Å²) in [6.07, 6.45) is 9.69. The third-order valence-corrected chi connectivity index (χ3v) is 13.5. The quantitative estimate of drug-likeness (QED) is 0.0449. The number of allylic oxidation sites excluding steroid dienone is 3. The van der Waals surface area contributed by atoms with Gasteiger partial charge in [-0.05, 0) is 112 Å². The number of aromatic nitrogens is 4. The van der Waals surface area contributed by atoms with Gasteiger partial charge in [-0.15, -0.1) is 5.10 Å². The first kappa shape index (κ1) is 53.3. The van der Waals surface area contributed by atoms with Gasteiger partial charge >= 0.3 is 6.97 Å². The second kappa shape index (κ2) is 22.8. The van der Waals surface area contributed by atoms with Crippen LogP contribution in [0.3, 0.4) is 0 Å². The van der Waals surface area contributed by atoms with Gasteiger partial charge in [0.2, 0.25) is 17.7 Å². The number of rotatable bonds is 23. The van der Waals surface area contributed by atoms with Crippen molar-refractivity contribution in [3.8, 4) is 0 Å². The van der Waals surface area contributed by atoms with Gasteiger partial charge in [0, 0.05) is 60.7 Å². The summed E-state index contributed by atoms with van der Waals surface area (Å²) >= 11 is 0. The Morgan fingerprint density at radius 3 is 2.01 bits per heavy atom. The molecule has 0 saturated carbocycles. The minimum absolute atomic E-state index is 0.0129. The summed E-state index contributed by atoms with van der Waals surface area (Å²) in [6.45, 7) is 11.3. The van der Waals surface area contributed by atoms with E-state index in [4.69, 9.17) is 5.73 Å². The molecule has 2 aliphatic heterocycles. The fourth-order valence-corrected chi connectivity index (χ4v) is 10.2. The van der Waals surface area contributed by atoms with Gasteiger partial charge in [-0.2, -0.15) is 0 Å². The van der Waals surface area contributed by atoms with E-state index in [0.29, 0.717) is 60.7 Å². The van der Waals surface area contributed by atoms with Gasteiger partial charge in [-0.3, -0.25) is 14.4 Å². The molecule has 4 aromatic rings. The molecule has 0 bridgehead atoms. The van der Waals surface area contributed by atoms with Crippen LogP contribution in [0.2, 0.25) is 0 Å². The Balaban J connectivity index is 1.17. The molecule has 2 aromatic carbocycles. The fraction of sp³-hybridized carbons (Fsp3) is 0.462. The van der Waals surface area contributed by atoms with Gasteiger partial charge in [0.15, 0.2) is 15.5 Å². The van der Waals surface area contributed by atoms with Crippen LogP contribution in [0.5, 0.6) is 0 Å². The maximum atomic E-state index is 16.1. The molecule has 4 atom stereocenters. The van der Waals surface area contributed by atoms with Crippen molar-refractivity contribution in [2.45, 2.75) is 137 Å². The Morgan fingerprint density at radius 2 is 1.40 bits per heavy atom. The highest BCUT2D eigenvalue weighted by molar-refractivity contribution is 7.93. The molecule has 0 fully saturated rings. The number of carbonyl (C=O) groups is 3. The van der Waals surface area contributed by atoms with Crippen molar-refractivity contribution in [3.05, 3.63) is 135 Å². The zero-order valence-corrected chi connectivity index (χ0v) is 42.8. The molecule has 376 valence electrons. The Hall–Kier alpha value is -6.01. The lowest BCUT2D eigenvalue weighted by Crippen LogP contribution is -2.56. The second-order valence-electron chi connectivity index (χ2n) is 19.9. The number of nitrogens with zero attached hydrogens (tertiary/aromatic N) is 5. The highest BCUT2D eigenvalue weighted by Gasteiger charge is 2.54. The van der Waals surface area contributed by atoms with Gasteiger partial charge < -0.3 is 39.3 Å². The van der Waals surface area contributed by atoms with Crippen LogP contribution in [-0.2, 0) is 50.0 Å². The van der Waals surface area contributed by atoms with E-state index in [1.807, 2.05) is 108 Å². The third-order valence-electron chi connectivity index (χ3n) is 12.9. The van der Waals surface area contributed by atoms with Crippen molar-refractivity contribution in [2.24, 2.45) is 17.6 Å². The van der Waals surface area contributed by atoms with E-state index in [-0.39, 0.29) is 37.5 Å². The Kier molecular flexibility index (Phi) is 17.4. The van der Waals surface area contributed by atoms with Crippen molar-refractivity contribution in [2.75, 3.05) is 6.26 Å². The first-order chi connectivity index (χ1) is 33.1. The smallest absolute Gasteiger partial charge is 0.394 e. The standard InChI is InChI=1S/C52H70BF2N9O5S/c1-33(2)25-45(50(65)57-42(23-24-70(9,68)69)29-40-19-21-41(31-56)22-20-40)58-51(66)46(26-34(3)4)59-52(67)47(30-39-15-11-10-12-16-39)62-32-43(60-61-62)17-13-14-18-44-48-35(5)27-37(7)63(48)53(54,55)64-38(8)28-36(6)49(44)64/h10-12,15-16,19-24,27-28,32-34,42,45-47H,13-14,17-18,25-26,29-31,56H2,1-9H3,(H,57,65)(H,58,66)(H,59,67)/b24-23+/t42-,45+,46+,47+/m1/s1. The van der Waals surface area contributed by atoms with Crippen LogP contribution in [0.1, 0.15) is 119 Å². The summed E-state index contributed by atoms with van der Waals surface area (Å²) in [5.41, 5.74) is 13.9. The highest BCUT2D eigenvalue weighted by atomic mass is 32.2. The molecule has 0 spiro atoms. The summed E-state index contributed by atoms with van der Waals surface area (Å²) in [5.74, 6) is -1.51. The number of fused-ring (bicyclic) bond motifs is 2. The molecule has 0 aliphatic carbocycles. The molecule has 14 nitrogen and oxygen atoms in total. The Labute approximate surface area is 411 Å². The summed E-state index contributed by atoms with van der Waals surface area (Å²) < 4.78 is 60.5. The van der Waals surface area contributed by atoms with E-state index in [2.05, 4.69) is 26.3 Å². The lowest BCUT2D eigenvalue weighted by molar-refractivity contribution is -0.363. The minimum atomic E-state index is -4.04. The monoisotopic (exact) mass is 982 g/mol. The second-order valence-corrected chi connectivity index (χ2v) is 21.9. The lowest BCUT2D eigenvalue weighted by atomic mass is 9.84. The number of halogens is 2. The molecule has 2 aliphatic rings. The van der Waals surface area contributed by atoms with Crippen molar-refractivity contribution < 1.29 is 35.9 Å². The molecule has 0 saturated heterocycles. The molecule has 70 heavy (non-hydrogen) atoms. The molecule has 5 N–H and O–H groups in total. The van der Waals surface area contributed by atoms with Crippen molar-refractivity contribution in [3.63, 3.8) is 0 Å². The Bertz CT molecular complexity index is 2780. The SMILES string of the molecule is CC1=CC(C)=[N+]2C1=C(CCCCc1cn([C@@H](Cc3ccccc3)C(=O)N[C@@H](CC(C)C)C(=O)N[C@@H](CC(C)C)C(=O)N[C@H](/C=C/S(C)(=O)=O)Cc3ccc(CN)cc3)nn1)c1c(C)cc(C)n1[B-]2(F)F. The molecular weight excluding hydrogens is 912 g/mol. The van der Waals surface area contributed by atoms with Crippen LogP contribution >= 0.6 is 0 Å². The average molecular weight is 982 g/mol. The number of carbonyl (C=O) groups excluding carboxylic acids is 3. The molecular formula is C52H70BF2N9O5S. The molecule has 3 amide bonds. The van der Waals surface area contributed by atoms with E-state index in [1.54, 1.807) is 20.0 Å².